The zero-order valence-electron chi connectivity index (χ0n) is 20.8. The highest BCUT2D eigenvalue weighted by atomic mass is 35.5. The van der Waals surface area contributed by atoms with Gasteiger partial charge in [-0.1, -0.05) is 44.4 Å². The van der Waals surface area contributed by atoms with E-state index in [0.29, 0.717) is 52.8 Å². The number of benzene rings is 2. The van der Waals surface area contributed by atoms with Crippen LogP contribution >= 0.6 is 11.6 Å². The Hall–Kier alpha value is -2.99. The average molecular weight is 498 g/mol. The van der Waals surface area contributed by atoms with Gasteiger partial charge in [0.25, 0.3) is 5.91 Å². The number of ether oxygens (including phenoxy) is 2. The van der Waals surface area contributed by atoms with Gasteiger partial charge in [-0.2, -0.15) is 0 Å². The van der Waals surface area contributed by atoms with Gasteiger partial charge in [0, 0.05) is 11.6 Å². The lowest BCUT2D eigenvalue weighted by Crippen LogP contribution is -2.30. The van der Waals surface area contributed by atoms with E-state index in [-0.39, 0.29) is 17.1 Å². The lowest BCUT2D eigenvalue weighted by atomic mass is 9.97. The van der Waals surface area contributed by atoms with Gasteiger partial charge in [-0.3, -0.25) is 9.59 Å². The fourth-order valence-electron chi connectivity index (χ4n) is 4.46. The van der Waals surface area contributed by atoms with Crippen molar-refractivity contribution < 1.29 is 18.7 Å². The number of carbonyl (C=O) groups is 1. The summed E-state index contributed by atoms with van der Waals surface area (Å²) in [5.41, 5.74) is 2.05. The monoisotopic (exact) mass is 497 g/mol. The number of rotatable bonds is 10. The fraction of sp³-hybridized carbons (Fsp3) is 0.429. The van der Waals surface area contributed by atoms with Gasteiger partial charge in [-0.15, -0.1) is 0 Å². The zero-order chi connectivity index (χ0) is 25.1. The minimum atomic E-state index is -0.575. The van der Waals surface area contributed by atoms with E-state index in [0.717, 1.165) is 36.8 Å². The highest BCUT2D eigenvalue weighted by Crippen LogP contribution is 2.41. The number of nitrogens with zero attached hydrogens (tertiary/aromatic N) is 1. The van der Waals surface area contributed by atoms with E-state index in [1.807, 2.05) is 32.0 Å². The predicted molar refractivity (Wildman–Crippen MR) is 138 cm³/mol. The normalized spacial score (nSPS) is 15.1. The van der Waals surface area contributed by atoms with Crippen molar-refractivity contribution in [3.05, 3.63) is 68.0 Å². The van der Waals surface area contributed by atoms with Crippen LogP contribution in [0.4, 0.5) is 0 Å². The van der Waals surface area contributed by atoms with Crippen LogP contribution in [0.3, 0.4) is 0 Å². The van der Waals surface area contributed by atoms with Gasteiger partial charge in [0.1, 0.15) is 5.58 Å². The summed E-state index contributed by atoms with van der Waals surface area (Å²) in [5.74, 6) is 1.08. The Morgan fingerprint density at radius 2 is 1.77 bits per heavy atom. The zero-order valence-corrected chi connectivity index (χ0v) is 21.5. The van der Waals surface area contributed by atoms with Gasteiger partial charge in [0.2, 0.25) is 5.76 Å². The molecule has 0 N–H and O–H groups in total. The molecule has 1 aliphatic rings. The summed E-state index contributed by atoms with van der Waals surface area (Å²) in [6, 6.07) is 8.41. The van der Waals surface area contributed by atoms with Crippen LogP contribution in [0.25, 0.3) is 11.0 Å². The van der Waals surface area contributed by atoms with Crippen molar-refractivity contribution >= 4 is 28.5 Å². The minimum absolute atomic E-state index is 0.103. The van der Waals surface area contributed by atoms with E-state index in [1.54, 1.807) is 17.0 Å². The first-order valence-electron chi connectivity index (χ1n) is 12.4. The third-order valence-electron chi connectivity index (χ3n) is 6.34. The van der Waals surface area contributed by atoms with Crippen molar-refractivity contribution in [2.45, 2.75) is 59.4 Å². The largest absolute Gasteiger partial charge is 0.490 e. The number of amides is 1. The number of fused-ring (bicyclic) bond motifs is 2. The van der Waals surface area contributed by atoms with Crippen LogP contribution in [0.5, 0.6) is 11.5 Å². The highest BCUT2D eigenvalue weighted by Gasteiger charge is 2.42. The Labute approximate surface area is 210 Å². The summed E-state index contributed by atoms with van der Waals surface area (Å²) in [6.45, 7) is 9.51. The molecule has 0 aliphatic carbocycles. The maximum absolute atomic E-state index is 13.7. The third-order valence-corrected chi connectivity index (χ3v) is 6.75. The van der Waals surface area contributed by atoms with E-state index < -0.39 is 6.04 Å². The Bertz CT molecular complexity index is 1300. The van der Waals surface area contributed by atoms with Crippen LogP contribution in [0.15, 0.2) is 39.5 Å². The van der Waals surface area contributed by atoms with Crippen LogP contribution in [0.2, 0.25) is 5.02 Å². The molecule has 0 radical (unpaired) electrons. The van der Waals surface area contributed by atoms with Gasteiger partial charge in [0.05, 0.1) is 30.2 Å². The van der Waals surface area contributed by atoms with Crippen molar-refractivity contribution in [3.8, 4) is 11.5 Å². The van der Waals surface area contributed by atoms with Crippen molar-refractivity contribution in [1.82, 2.24) is 4.90 Å². The van der Waals surface area contributed by atoms with Gasteiger partial charge < -0.3 is 18.8 Å². The number of halogens is 1. The molecule has 35 heavy (non-hydrogen) atoms. The number of aryl methyl sites for hydroxylation is 1. The van der Waals surface area contributed by atoms with E-state index in [2.05, 4.69) is 13.8 Å². The summed E-state index contributed by atoms with van der Waals surface area (Å²) in [5, 5.41) is 0.861. The summed E-state index contributed by atoms with van der Waals surface area (Å²) < 4.78 is 17.9. The highest BCUT2D eigenvalue weighted by molar-refractivity contribution is 6.32. The Morgan fingerprint density at radius 1 is 1.00 bits per heavy atom. The lowest BCUT2D eigenvalue weighted by Gasteiger charge is -2.25. The molecule has 1 aliphatic heterocycles. The smallest absolute Gasteiger partial charge is 0.290 e. The number of unbranched alkanes of at least 4 members (excludes halogenated alkanes) is 2. The molecule has 3 aromatic rings. The van der Waals surface area contributed by atoms with Gasteiger partial charge in [0.15, 0.2) is 16.9 Å². The van der Waals surface area contributed by atoms with Crippen molar-refractivity contribution in [1.29, 1.82) is 0 Å². The first-order chi connectivity index (χ1) is 16.9. The second-order valence-corrected chi connectivity index (χ2v) is 9.27. The van der Waals surface area contributed by atoms with Crippen LogP contribution < -0.4 is 14.9 Å². The maximum atomic E-state index is 13.7. The Balaban J connectivity index is 1.87. The topological polar surface area (TPSA) is 69.0 Å². The van der Waals surface area contributed by atoms with Crippen LogP contribution in [0.1, 0.15) is 79.7 Å². The molecule has 1 amide bonds. The van der Waals surface area contributed by atoms with Crippen molar-refractivity contribution in [2.75, 3.05) is 19.8 Å². The first-order valence-corrected chi connectivity index (χ1v) is 12.8. The molecule has 0 fully saturated rings. The molecule has 0 bridgehead atoms. The number of hydrogen-bond donors (Lipinski definition) is 0. The second-order valence-electron chi connectivity index (χ2n) is 8.87. The summed E-state index contributed by atoms with van der Waals surface area (Å²) in [4.78, 5) is 29.0. The Morgan fingerprint density at radius 3 is 2.49 bits per heavy atom. The molecular formula is C28H32ClNO5. The third kappa shape index (κ3) is 4.76. The fourth-order valence-corrected chi connectivity index (χ4v) is 4.62. The molecule has 2 heterocycles. The lowest BCUT2D eigenvalue weighted by molar-refractivity contribution is 0.0725. The van der Waals surface area contributed by atoms with E-state index in [9.17, 15) is 9.59 Å². The molecule has 1 atom stereocenters. The van der Waals surface area contributed by atoms with Gasteiger partial charge >= 0.3 is 0 Å². The summed E-state index contributed by atoms with van der Waals surface area (Å²) in [6.07, 6.45) is 3.70. The molecule has 1 aromatic heterocycles. The van der Waals surface area contributed by atoms with Crippen molar-refractivity contribution in [2.24, 2.45) is 0 Å². The number of hydrogen-bond acceptors (Lipinski definition) is 5. The number of carbonyl (C=O) groups excluding carboxylic acids is 1. The van der Waals surface area contributed by atoms with E-state index in [1.165, 1.54) is 0 Å². The van der Waals surface area contributed by atoms with Crippen LogP contribution in [-0.4, -0.2) is 30.6 Å². The van der Waals surface area contributed by atoms with Crippen LogP contribution in [0, 0.1) is 6.92 Å². The quantitative estimate of drug-likeness (QED) is 0.292. The Kier molecular flexibility index (Phi) is 7.70. The molecule has 186 valence electrons. The van der Waals surface area contributed by atoms with E-state index in [4.69, 9.17) is 25.5 Å². The second kappa shape index (κ2) is 10.7. The van der Waals surface area contributed by atoms with Crippen molar-refractivity contribution in [3.63, 3.8) is 0 Å². The van der Waals surface area contributed by atoms with Gasteiger partial charge in [-0.25, -0.2) is 0 Å². The SMILES string of the molecule is CCCCOc1ccc(C2c3c(oc4cc(C)c(Cl)cc4c3=O)C(=O)N2CCCC)cc1OCC. The molecule has 6 nitrogen and oxygen atoms in total. The average Bonchev–Trinajstić information content (AvgIpc) is 3.12. The molecular weight excluding hydrogens is 466 g/mol. The molecule has 2 aromatic carbocycles. The predicted octanol–water partition coefficient (Wildman–Crippen LogP) is 6.68. The summed E-state index contributed by atoms with van der Waals surface area (Å²) >= 11 is 6.33. The molecule has 1 unspecified atom stereocenters. The van der Waals surface area contributed by atoms with Gasteiger partial charge in [-0.05, 0) is 62.1 Å². The van der Waals surface area contributed by atoms with Crippen LogP contribution in [-0.2, 0) is 0 Å². The molecule has 0 saturated carbocycles. The minimum Gasteiger partial charge on any atom is -0.490 e. The summed E-state index contributed by atoms with van der Waals surface area (Å²) in [7, 11) is 0. The standard InChI is InChI=1S/C28H32ClNO5/c1-5-8-12-30-25(18-10-11-21(34-13-9-6-2)23(15-18)33-7-3)24-26(31)19-16-20(29)17(4)14-22(19)35-27(24)28(30)32/h10-11,14-16,25H,5-9,12-13H2,1-4H3. The molecule has 7 heteroatoms. The molecule has 4 rings (SSSR count). The molecule has 0 spiro atoms. The van der Waals surface area contributed by atoms with E-state index >= 15 is 0 Å². The first kappa shape index (κ1) is 25.1. The molecule has 0 saturated heterocycles. The maximum Gasteiger partial charge on any atom is 0.290 e.